The van der Waals surface area contributed by atoms with E-state index in [2.05, 4.69) is 15.6 Å². The number of benzene rings is 2. The third-order valence-electron chi connectivity index (χ3n) is 4.09. The van der Waals surface area contributed by atoms with Gasteiger partial charge in [-0.05, 0) is 48.5 Å². The molecule has 0 bridgehead atoms. The first-order valence-corrected chi connectivity index (χ1v) is 10.9. The van der Waals surface area contributed by atoms with E-state index >= 15 is 0 Å². The predicted molar refractivity (Wildman–Crippen MR) is 111 cm³/mol. The molecule has 1 aromatic heterocycles. The molecular weight excluding hydrogens is 441 g/mol. The van der Waals surface area contributed by atoms with Crippen molar-refractivity contribution < 1.29 is 31.6 Å². The van der Waals surface area contributed by atoms with E-state index in [4.69, 9.17) is 9.15 Å². The van der Waals surface area contributed by atoms with E-state index in [1.54, 1.807) is 18.2 Å². The van der Waals surface area contributed by atoms with Crippen LogP contribution in [0.15, 0.2) is 76.0 Å². The molecule has 168 valence electrons. The number of carbonyl (C=O) groups excluding carboxylic acids is 2. The summed E-state index contributed by atoms with van der Waals surface area (Å²) in [6, 6.07) is 16.3. The fourth-order valence-corrected chi connectivity index (χ4v) is 3.53. The quantitative estimate of drug-likeness (QED) is 0.419. The molecule has 0 saturated heterocycles. The van der Waals surface area contributed by atoms with E-state index < -0.39 is 27.7 Å². The van der Waals surface area contributed by atoms with Crippen molar-refractivity contribution in [3.63, 3.8) is 0 Å². The van der Waals surface area contributed by atoms with Gasteiger partial charge in [0.2, 0.25) is 15.9 Å². The van der Waals surface area contributed by atoms with Crippen LogP contribution in [0.4, 0.5) is 4.39 Å². The molecule has 2 amide bonds. The number of sulfonamides is 1. The van der Waals surface area contributed by atoms with Crippen LogP contribution in [0.3, 0.4) is 0 Å². The van der Waals surface area contributed by atoms with Crippen molar-refractivity contribution in [2.45, 2.75) is 17.9 Å². The van der Waals surface area contributed by atoms with Gasteiger partial charge in [0.15, 0.2) is 5.76 Å². The minimum Gasteiger partial charge on any atom is -0.486 e. The van der Waals surface area contributed by atoms with Gasteiger partial charge >= 0.3 is 5.91 Å². The summed E-state index contributed by atoms with van der Waals surface area (Å²) in [4.78, 5) is 23.8. The van der Waals surface area contributed by atoms with Gasteiger partial charge in [-0.2, -0.15) is 0 Å². The van der Waals surface area contributed by atoms with Gasteiger partial charge in [0.05, 0.1) is 4.90 Å². The van der Waals surface area contributed by atoms with Crippen molar-refractivity contribution in [3.8, 4) is 5.75 Å². The van der Waals surface area contributed by atoms with Crippen molar-refractivity contribution in [2.75, 3.05) is 6.54 Å². The first kappa shape index (κ1) is 23.0. The van der Waals surface area contributed by atoms with Crippen LogP contribution in [0.5, 0.6) is 5.75 Å². The molecule has 2 aromatic carbocycles. The number of amides is 2. The Morgan fingerprint density at radius 1 is 0.938 bits per heavy atom. The van der Waals surface area contributed by atoms with Crippen LogP contribution in [0.2, 0.25) is 0 Å². The lowest BCUT2D eigenvalue weighted by molar-refractivity contribution is -0.121. The Balaban J connectivity index is 1.39. The molecule has 0 radical (unpaired) electrons. The number of hydrazine groups is 1. The Morgan fingerprint density at radius 2 is 1.66 bits per heavy atom. The lowest BCUT2D eigenvalue weighted by Gasteiger charge is -2.08. The summed E-state index contributed by atoms with van der Waals surface area (Å²) in [6.45, 7) is -0.0962. The predicted octanol–water partition coefficient (Wildman–Crippen LogP) is 2.13. The molecule has 0 aliphatic rings. The summed E-state index contributed by atoms with van der Waals surface area (Å²) in [5.41, 5.74) is 4.35. The third kappa shape index (κ3) is 6.65. The van der Waals surface area contributed by atoms with Crippen LogP contribution in [-0.2, 0) is 21.4 Å². The molecule has 3 rings (SSSR count). The Morgan fingerprint density at radius 3 is 2.38 bits per heavy atom. The number of nitrogens with one attached hydrogen (secondary N) is 3. The molecule has 11 heteroatoms. The highest BCUT2D eigenvalue weighted by molar-refractivity contribution is 7.89. The van der Waals surface area contributed by atoms with Crippen molar-refractivity contribution in [3.05, 3.63) is 84.1 Å². The standard InChI is InChI=1S/C21H20FN3O6S/c22-15-6-9-18(10-7-15)32(28,29)23-13-12-20(26)24-25-21(27)19-11-8-17(31-19)14-30-16-4-2-1-3-5-16/h1-11,23H,12-14H2,(H,24,26)(H,25,27). The molecule has 0 atom stereocenters. The molecule has 9 nitrogen and oxygen atoms in total. The Labute approximate surface area is 183 Å². The molecule has 3 aromatic rings. The van der Waals surface area contributed by atoms with Gasteiger partial charge in [0.1, 0.15) is 23.9 Å². The van der Waals surface area contributed by atoms with Gasteiger partial charge < -0.3 is 9.15 Å². The first-order valence-electron chi connectivity index (χ1n) is 9.44. The highest BCUT2D eigenvalue weighted by Gasteiger charge is 2.15. The maximum atomic E-state index is 12.9. The monoisotopic (exact) mass is 461 g/mol. The Kier molecular flexibility index (Phi) is 7.58. The fourth-order valence-electron chi connectivity index (χ4n) is 2.50. The van der Waals surface area contributed by atoms with Crippen molar-refractivity contribution in [1.29, 1.82) is 0 Å². The van der Waals surface area contributed by atoms with Crippen molar-refractivity contribution in [2.24, 2.45) is 0 Å². The zero-order valence-electron chi connectivity index (χ0n) is 16.7. The number of furan rings is 1. The second-order valence-electron chi connectivity index (χ2n) is 6.47. The molecular formula is C21H20FN3O6S. The van der Waals surface area contributed by atoms with Gasteiger partial charge in [-0.1, -0.05) is 18.2 Å². The lowest BCUT2D eigenvalue weighted by Crippen LogP contribution is -2.42. The van der Waals surface area contributed by atoms with E-state index in [0.29, 0.717) is 11.5 Å². The van der Waals surface area contributed by atoms with Crippen molar-refractivity contribution >= 4 is 21.8 Å². The SMILES string of the molecule is O=C(CCNS(=O)(=O)c1ccc(F)cc1)NNC(=O)c1ccc(COc2ccccc2)o1. The van der Waals surface area contributed by atoms with E-state index in [-0.39, 0.29) is 30.2 Å². The van der Waals surface area contributed by atoms with Crippen LogP contribution in [0, 0.1) is 5.82 Å². The Hall–Kier alpha value is -3.70. The highest BCUT2D eigenvalue weighted by atomic mass is 32.2. The zero-order chi connectivity index (χ0) is 23.0. The van der Waals surface area contributed by atoms with E-state index in [1.807, 2.05) is 18.2 Å². The maximum absolute atomic E-state index is 12.9. The van der Waals surface area contributed by atoms with Crippen LogP contribution in [0.25, 0.3) is 0 Å². The third-order valence-corrected chi connectivity index (χ3v) is 5.57. The molecule has 0 fully saturated rings. The number of hydrogen-bond donors (Lipinski definition) is 3. The normalized spacial score (nSPS) is 11.0. The summed E-state index contributed by atoms with van der Waals surface area (Å²) in [5, 5.41) is 0. The van der Waals surface area contributed by atoms with Gasteiger partial charge in [-0.3, -0.25) is 20.4 Å². The topological polar surface area (TPSA) is 127 Å². The molecule has 3 N–H and O–H groups in total. The van der Waals surface area contributed by atoms with E-state index in [1.165, 1.54) is 6.07 Å². The minimum absolute atomic E-state index is 0.0334. The van der Waals surface area contributed by atoms with Gasteiger partial charge in [0.25, 0.3) is 0 Å². The van der Waals surface area contributed by atoms with Crippen molar-refractivity contribution in [1.82, 2.24) is 15.6 Å². The van der Waals surface area contributed by atoms with Gasteiger partial charge in [-0.15, -0.1) is 0 Å². The van der Waals surface area contributed by atoms with Gasteiger partial charge in [-0.25, -0.2) is 17.5 Å². The number of ether oxygens (including phenoxy) is 1. The fraction of sp³-hybridized carbons (Fsp3) is 0.143. The minimum atomic E-state index is -3.88. The zero-order valence-corrected chi connectivity index (χ0v) is 17.5. The number of para-hydroxylation sites is 1. The number of hydrogen-bond acceptors (Lipinski definition) is 6. The molecule has 32 heavy (non-hydrogen) atoms. The lowest BCUT2D eigenvalue weighted by atomic mass is 10.3. The molecule has 0 saturated carbocycles. The number of carbonyl (C=O) groups is 2. The first-order chi connectivity index (χ1) is 15.3. The molecule has 1 heterocycles. The largest absolute Gasteiger partial charge is 0.486 e. The van der Waals surface area contributed by atoms with Crippen LogP contribution in [0.1, 0.15) is 22.7 Å². The molecule has 0 spiro atoms. The summed E-state index contributed by atoms with van der Waals surface area (Å²) in [5.74, 6) is -0.839. The van der Waals surface area contributed by atoms with Crippen LogP contribution in [-0.4, -0.2) is 26.8 Å². The number of rotatable bonds is 9. The van der Waals surface area contributed by atoms with E-state index in [0.717, 1.165) is 24.3 Å². The summed E-state index contributed by atoms with van der Waals surface area (Å²) in [6.07, 6.45) is -0.241. The second-order valence-corrected chi connectivity index (χ2v) is 8.24. The van der Waals surface area contributed by atoms with Gasteiger partial charge in [0, 0.05) is 13.0 Å². The summed E-state index contributed by atoms with van der Waals surface area (Å²) in [7, 11) is -3.88. The second kappa shape index (κ2) is 10.6. The molecule has 0 aliphatic heterocycles. The molecule has 0 unspecified atom stereocenters. The average molecular weight is 461 g/mol. The molecule has 0 aliphatic carbocycles. The van der Waals surface area contributed by atoms with E-state index in [9.17, 15) is 22.4 Å². The number of halogens is 1. The maximum Gasteiger partial charge on any atom is 0.305 e. The highest BCUT2D eigenvalue weighted by Crippen LogP contribution is 2.14. The Bertz CT molecular complexity index is 1160. The van der Waals surface area contributed by atoms with Crippen LogP contribution < -0.4 is 20.3 Å². The summed E-state index contributed by atoms with van der Waals surface area (Å²) < 4.78 is 50.1. The smallest absolute Gasteiger partial charge is 0.305 e. The summed E-state index contributed by atoms with van der Waals surface area (Å²) >= 11 is 0. The average Bonchev–Trinajstić information content (AvgIpc) is 3.26. The van der Waals surface area contributed by atoms with Crippen LogP contribution >= 0.6 is 0 Å².